The Morgan fingerprint density at radius 1 is 0.963 bits per heavy atom. The zero-order chi connectivity index (χ0) is 18.9. The Hall–Kier alpha value is -3.16. The number of hydrogen-bond acceptors (Lipinski definition) is 5. The van der Waals surface area contributed by atoms with Crippen molar-refractivity contribution in [2.45, 2.75) is 19.1 Å². The van der Waals surface area contributed by atoms with Crippen LogP contribution in [-0.4, -0.2) is 21.7 Å². The fraction of sp³-hybridized carbons (Fsp3) is 0.211. The molecule has 0 amide bonds. The van der Waals surface area contributed by atoms with Crippen molar-refractivity contribution in [2.24, 2.45) is 0 Å². The number of anilines is 3. The molecule has 2 aromatic carbocycles. The van der Waals surface area contributed by atoms with E-state index in [1.54, 1.807) is 0 Å². The van der Waals surface area contributed by atoms with Crippen LogP contribution in [0.2, 0.25) is 0 Å². The molecule has 4 rings (SSSR count). The maximum atomic E-state index is 13.2. The van der Waals surface area contributed by atoms with Crippen LogP contribution in [0.3, 0.4) is 0 Å². The highest BCUT2D eigenvalue weighted by Gasteiger charge is 2.33. The van der Waals surface area contributed by atoms with Gasteiger partial charge < -0.3 is 10.2 Å². The van der Waals surface area contributed by atoms with Gasteiger partial charge in [0.1, 0.15) is 0 Å². The van der Waals surface area contributed by atoms with Gasteiger partial charge in [-0.15, -0.1) is 5.10 Å². The Morgan fingerprint density at radius 2 is 1.70 bits per heavy atom. The van der Waals surface area contributed by atoms with E-state index < -0.39 is 11.7 Å². The van der Waals surface area contributed by atoms with Crippen LogP contribution in [0.4, 0.5) is 30.6 Å². The first-order chi connectivity index (χ1) is 13.0. The van der Waals surface area contributed by atoms with E-state index in [0.717, 1.165) is 19.0 Å². The number of alkyl halides is 3. The molecule has 1 aliphatic rings. The second-order valence-corrected chi connectivity index (χ2v) is 6.25. The maximum absolute atomic E-state index is 13.2. The van der Waals surface area contributed by atoms with E-state index in [1.165, 1.54) is 35.5 Å². The largest absolute Gasteiger partial charge is 0.418 e. The van der Waals surface area contributed by atoms with Crippen LogP contribution >= 0.6 is 0 Å². The predicted molar refractivity (Wildman–Crippen MR) is 95.7 cm³/mol. The first kappa shape index (κ1) is 17.3. The lowest BCUT2D eigenvalue weighted by Gasteiger charge is -2.29. The molecule has 0 bridgehead atoms. The van der Waals surface area contributed by atoms with Crippen molar-refractivity contribution >= 4 is 17.5 Å². The van der Waals surface area contributed by atoms with Crippen molar-refractivity contribution in [3.8, 4) is 0 Å². The molecule has 0 unspecified atom stereocenters. The molecule has 0 saturated carbocycles. The Bertz CT molecular complexity index is 958. The summed E-state index contributed by atoms with van der Waals surface area (Å²) in [7, 11) is 0. The number of nitrogens with zero attached hydrogens (tertiary/aromatic N) is 4. The number of aromatic nitrogens is 3. The van der Waals surface area contributed by atoms with E-state index in [9.17, 15) is 13.2 Å². The van der Waals surface area contributed by atoms with Gasteiger partial charge in [-0.2, -0.15) is 23.3 Å². The van der Waals surface area contributed by atoms with Crippen molar-refractivity contribution in [2.75, 3.05) is 16.8 Å². The lowest BCUT2D eigenvalue weighted by molar-refractivity contribution is -0.136. The van der Waals surface area contributed by atoms with Gasteiger partial charge in [-0.25, -0.2) is 0 Å². The zero-order valence-electron chi connectivity index (χ0n) is 14.2. The van der Waals surface area contributed by atoms with Crippen molar-refractivity contribution < 1.29 is 13.2 Å². The highest BCUT2D eigenvalue weighted by molar-refractivity contribution is 5.60. The fourth-order valence-electron chi connectivity index (χ4n) is 3.15. The lowest BCUT2D eigenvalue weighted by atomic mass is 10.0. The molecule has 0 spiro atoms. The number of benzene rings is 2. The molecule has 1 aliphatic heterocycles. The summed E-state index contributed by atoms with van der Waals surface area (Å²) in [5, 5.41) is 10.4. The first-order valence-corrected chi connectivity index (χ1v) is 8.45. The number of rotatable bonds is 3. The Kier molecular flexibility index (Phi) is 4.39. The van der Waals surface area contributed by atoms with Crippen LogP contribution in [0.15, 0.2) is 54.7 Å². The molecular formula is C19H16F3N5. The second-order valence-electron chi connectivity index (χ2n) is 6.25. The average molecular weight is 371 g/mol. The minimum Gasteiger partial charge on any atom is -0.350 e. The molecule has 1 N–H and O–H groups in total. The summed E-state index contributed by atoms with van der Waals surface area (Å²) in [6.45, 7) is 1.43. The van der Waals surface area contributed by atoms with E-state index >= 15 is 0 Å². The third kappa shape index (κ3) is 3.69. The summed E-state index contributed by atoms with van der Waals surface area (Å²) < 4.78 is 39.5. The Balaban J connectivity index is 1.58. The van der Waals surface area contributed by atoms with Gasteiger partial charge in [-0.05, 0) is 29.7 Å². The van der Waals surface area contributed by atoms with Crippen molar-refractivity contribution in [1.29, 1.82) is 0 Å². The Labute approximate surface area is 153 Å². The van der Waals surface area contributed by atoms with Crippen LogP contribution in [0.1, 0.15) is 16.7 Å². The quantitative estimate of drug-likeness (QED) is 0.748. The summed E-state index contributed by atoms with van der Waals surface area (Å²) in [6.07, 6.45) is -2.07. The maximum Gasteiger partial charge on any atom is 0.418 e. The predicted octanol–water partition coefficient (Wildman–Crippen LogP) is 4.20. The number of fused-ring (bicyclic) bond motifs is 1. The minimum atomic E-state index is -4.47. The number of nitrogens with one attached hydrogen (secondary N) is 1. The highest BCUT2D eigenvalue weighted by Crippen LogP contribution is 2.35. The molecule has 0 saturated heterocycles. The molecule has 8 heteroatoms. The minimum absolute atomic E-state index is 0.0306. The molecule has 0 fully saturated rings. The fourth-order valence-corrected chi connectivity index (χ4v) is 3.15. The van der Waals surface area contributed by atoms with Gasteiger partial charge in [0.2, 0.25) is 5.95 Å². The summed E-state index contributed by atoms with van der Waals surface area (Å²) in [4.78, 5) is 6.40. The summed E-state index contributed by atoms with van der Waals surface area (Å²) in [5.41, 5.74) is 1.63. The van der Waals surface area contributed by atoms with Gasteiger partial charge in [-0.3, -0.25) is 0 Å². The summed E-state index contributed by atoms with van der Waals surface area (Å²) in [5.74, 6) is 0.606. The van der Waals surface area contributed by atoms with Crippen molar-refractivity contribution in [1.82, 2.24) is 15.2 Å². The number of para-hydroxylation sites is 1. The third-order valence-corrected chi connectivity index (χ3v) is 4.48. The second kappa shape index (κ2) is 6.86. The molecule has 0 radical (unpaired) electrons. The van der Waals surface area contributed by atoms with Gasteiger partial charge in [0.25, 0.3) is 0 Å². The van der Waals surface area contributed by atoms with Crippen LogP contribution < -0.4 is 10.2 Å². The third-order valence-electron chi connectivity index (χ3n) is 4.48. The van der Waals surface area contributed by atoms with Crippen LogP contribution in [-0.2, 0) is 19.1 Å². The van der Waals surface area contributed by atoms with Crippen LogP contribution in [0, 0.1) is 0 Å². The van der Waals surface area contributed by atoms with Crippen LogP contribution in [0.5, 0.6) is 0 Å². The standard InChI is InChI=1S/C19H16F3N5/c20-19(21,22)15-7-3-4-8-16(15)24-18-25-17(11-23-26-18)27-10-9-13-5-1-2-6-14(13)12-27/h1-8,11H,9-10,12H2,(H,24,25,26). The van der Waals surface area contributed by atoms with Gasteiger partial charge in [0.15, 0.2) is 5.82 Å². The summed E-state index contributed by atoms with van der Waals surface area (Å²) in [6, 6.07) is 13.4. The van der Waals surface area contributed by atoms with E-state index in [0.29, 0.717) is 12.4 Å². The van der Waals surface area contributed by atoms with E-state index in [4.69, 9.17) is 0 Å². The zero-order valence-corrected chi connectivity index (χ0v) is 14.2. The monoisotopic (exact) mass is 371 g/mol. The molecule has 27 heavy (non-hydrogen) atoms. The summed E-state index contributed by atoms with van der Waals surface area (Å²) >= 11 is 0. The lowest BCUT2D eigenvalue weighted by Crippen LogP contribution is -2.31. The number of hydrogen-bond donors (Lipinski definition) is 1. The van der Waals surface area contributed by atoms with Gasteiger partial charge in [0.05, 0.1) is 17.4 Å². The van der Waals surface area contributed by atoms with Crippen molar-refractivity contribution in [3.63, 3.8) is 0 Å². The highest BCUT2D eigenvalue weighted by atomic mass is 19.4. The molecule has 2 heterocycles. The molecule has 3 aromatic rings. The smallest absolute Gasteiger partial charge is 0.350 e. The van der Waals surface area contributed by atoms with Gasteiger partial charge in [0, 0.05) is 13.1 Å². The van der Waals surface area contributed by atoms with Crippen molar-refractivity contribution in [3.05, 3.63) is 71.4 Å². The SMILES string of the molecule is FC(F)(F)c1ccccc1Nc1nncc(N2CCc3ccccc3C2)n1. The molecule has 5 nitrogen and oxygen atoms in total. The molecule has 0 atom stereocenters. The molecule has 138 valence electrons. The van der Waals surface area contributed by atoms with Gasteiger partial charge >= 0.3 is 6.18 Å². The molecular weight excluding hydrogens is 355 g/mol. The Morgan fingerprint density at radius 3 is 2.52 bits per heavy atom. The van der Waals surface area contributed by atoms with Crippen LogP contribution in [0.25, 0.3) is 0 Å². The topological polar surface area (TPSA) is 53.9 Å². The first-order valence-electron chi connectivity index (χ1n) is 8.45. The van der Waals surface area contributed by atoms with E-state index in [2.05, 4.69) is 32.6 Å². The normalized spacial score (nSPS) is 14.0. The van der Waals surface area contributed by atoms with E-state index in [-0.39, 0.29) is 11.6 Å². The number of halogens is 3. The van der Waals surface area contributed by atoms with E-state index in [1.807, 2.05) is 17.0 Å². The average Bonchev–Trinajstić information content (AvgIpc) is 2.67. The molecule has 0 aliphatic carbocycles. The molecule has 1 aromatic heterocycles. The van der Waals surface area contributed by atoms with Gasteiger partial charge in [-0.1, -0.05) is 36.4 Å².